The van der Waals surface area contributed by atoms with Crippen LogP contribution in [0.25, 0.3) is 0 Å². The molecule has 0 unspecified atom stereocenters. The van der Waals surface area contributed by atoms with Gasteiger partial charge in [0.1, 0.15) is 18.1 Å². The normalized spacial score (nSPS) is 14.4. The van der Waals surface area contributed by atoms with Crippen molar-refractivity contribution in [2.75, 3.05) is 20.2 Å². The van der Waals surface area contributed by atoms with Gasteiger partial charge in [-0.1, -0.05) is 6.07 Å². The first-order valence-corrected chi connectivity index (χ1v) is 9.16. The predicted octanol–water partition coefficient (Wildman–Crippen LogP) is 1.34. The molecule has 1 aliphatic rings. The molecule has 1 aliphatic heterocycles. The number of amides is 1. The largest absolute Gasteiger partial charge is 0.508 e. The summed E-state index contributed by atoms with van der Waals surface area (Å²) in [5, 5.41) is 9.64. The molecule has 132 valence electrons. The number of fused-ring (bicyclic) bond motifs is 1. The van der Waals surface area contributed by atoms with Crippen molar-refractivity contribution in [3.8, 4) is 11.5 Å². The van der Waals surface area contributed by atoms with Gasteiger partial charge in [-0.2, -0.15) is 0 Å². The van der Waals surface area contributed by atoms with Crippen LogP contribution >= 0.6 is 0 Å². The number of nitrogens with zero attached hydrogens (tertiary/aromatic N) is 1. The third-order valence-corrected chi connectivity index (χ3v) is 5.38. The molecule has 0 aromatic heterocycles. The molecule has 0 radical (unpaired) electrons. The van der Waals surface area contributed by atoms with E-state index in [4.69, 9.17) is 4.74 Å². The van der Waals surface area contributed by atoms with Crippen molar-refractivity contribution in [2.45, 2.75) is 11.4 Å². The Bertz CT molecular complexity index is 911. The zero-order chi connectivity index (χ0) is 18.0. The highest BCUT2D eigenvalue weighted by Crippen LogP contribution is 2.27. The van der Waals surface area contributed by atoms with Crippen molar-refractivity contribution in [1.82, 2.24) is 9.62 Å². The molecule has 0 saturated heterocycles. The monoisotopic (exact) mass is 362 g/mol. The van der Waals surface area contributed by atoms with E-state index in [1.165, 1.54) is 31.3 Å². The van der Waals surface area contributed by atoms with Crippen LogP contribution in [0, 0.1) is 0 Å². The van der Waals surface area contributed by atoms with Crippen LogP contribution in [0.4, 0.5) is 0 Å². The third kappa shape index (κ3) is 3.59. The molecule has 8 heteroatoms. The fourth-order valence-electron chi connectivity index (χ4n) is 2.65. The highest BCUT2D eigenvalue weighted by Gasteiger charge is 2.22. The number of aromatic hydroxyl groups is 1. The molecule has 1 heterocycles. The Hall–Kier alpha value is -2.58. The van der Waals surface area contributed by atoms with Gasteiger partial charge in [0, 0.05) is 17.7 Å². The lowest BCUT2D eigenvalue weighted by Gasteiger charge is -2.20. The minimum absolute atomic E-state index is 0.0324. The standard InChI is InChI=1S/C17H18N2O5S/c1-18-25(22,23)15-4-2-3-12(10-15)17(21)19-7-8-24-16-6-5-14(20)9-13(16)11-19/h2-6,9-10,18,20H,7-8,11H2,1H3. The van der Waals surface area contributed by atoms with Gasteiger partial charge in [-0.15, -0.1) is 0 Å². The maximum absolute atomic E-state index is 12.8. The van der Waals surface area contributed by atoms with Crippen LogP contribution in [0.1, 0.15) is 15.9 Å². The van der Waals surface area contributed by atoms with Crippen molar-refractivity contribution in [3.05, 3.63) is 53.6 Å². The Morgan fingerprint density at radius 1 is 1.24 bits per heavy atom. The predicted molar refractivity (Wildman–Crippen MR) is 91.0 cm³/mol. The van der Waals surface area contributed by atoms with Gasteiger partial charge in [0.05, 0.1) is 11.4 Å². The summed E-state index contributed by atoms with van der Waals surface area (Å²) in [6, 6.07) is 10.6. The molecule has 3 rings (SSSR count). The fourth-order valence-corrected chi connectivity index (χ4v) is 3.43. The van der Waals surface area contributed by atoms with Gasteiger partial charge < -0.3 is 14.7 Å². The molecule has 2 aromatic carbocycles. The van der Waals surface area contributed by atoms with Gasteiger partial charge in [-0.05, 0) is 43.4 Å². The van der Waals surface area contributed by atoms with E-state index >= 15 is 0 Å². The molecule has 2 N–H and O–H groups in total. The van der Waals surface area contributed by atoms with Gasteiger partial charge >= 0.3 is 0 Å². The number of carbonyl (C=O) groups is 1. The quantitative estimate of drug-likeness (QED) is 0.859. The van der Waals surface area contributed by atoms with Crippen LogP contribution in [-0.4, -0.2) is 44.5 Å². The summed E-state index contributed by atoms with van der Waals surface area (Å²) in [6.07, 6.45) is 0. The zero-order valence-electron chi connectivity index (χ0n) is 13.6. The summed E-state index contributed by atoms with van der Waals surface area (Å²) >= 11 is 0. The Kier molecular flexibility index (Phi) is 4.65. The number of benzene rings is 2. The lowest BCUT2D eigenvalue weighted by atomic mass is 10.1. The van der Waals surface area contributed by atoms with E-state index in [2.05, 4.69) is 4.72 Å². The molecule has 0 atom stereocenters. The van der Waals surface area contributed by atoms with Crippen LogP contribution in [0.15, 0.2) is 47.4 Å². The molecule has 0 bridgehead atoms. The average molecular weight is 362 g/mol. The Morgan fingerprint density at radius 2 is 2.04 bits per heavy atom. The fraction of sp³-hybridized carbons (Fsp3) is 0.235. The first-order valence-electron chi connectivity index (χ1n) is 7.68. The van der Waals surface area contributed by atoms with E-state index in [-0.39, 0.29) is 28.7 Å². The molecule has 7 nitrogen and oxygen atoms in total. The average Bonchev–Trinajstić information content (AvgIpc) is 2.83. The van der Waals surface area contributed by atoms with Gasteiger partial charge in [-0.3, -0.25) is 4.79 Å². The number of phenols is 1. The highest BCUT2D eigenvalue weighted by atomic mass is 32.2. The van der Waals surface area contributed by atoms with Crippen LogP contribution in [0.3, 0.4) is 0 Å². The first-order chi connectivity index (χ1) is 11.9. The Balaban J connectivity index is 1.90. The maximum atomic E-state index is 12.8. The van der Waals surface area contributed by atoms with Crippen molar-refractivity contribution in [1.29, 1.82) is 0 Å². The second-order valence-electron chi connectivity index (χ2n) is 5.60. The summed E-state index contributed by atoms with van der Waals surface area (Å²) in [4.78, 5) is 14.4. The van der Waals surface area contributed by atoms with E-state index in [0.717, 1.165) is 0 Å². The highest BCUT2D eigenvalue weighted by molar-refractivity contribution is 7.89. The van der Waals surface area contributed by atoms with Crippen LogP contribution in [-0.2, 0) is 16.6 Å². The molecule has 0 spiro atoms. The third-order valence-electron chi connectivity index (χ3n) is 3.97. The van der Waals surface area contributed by atoms with Crippen molar-refractivity contribution in [3.63, 3.8) is 0 Å². The molecular weight excluding hydrogens is 344 g/mol. The van der Waals surface area contributed by atoms with Crippen molar-refractivity contribution < 1.29 is 23.1 Å². The summed E-state index contributed by atoms with van der Waals surface area (Å²) in [5.41, 5.74) is 0.977. The lowest BCUT2D eigenvalue weighted by molar-refractivity contribution is 0.0733. The maximum Gasteiger partial charge on any atom is 0.254 e. The van der Waals surface area contributed by atoms with Gasteiger partial charge in [0.25, 0.3) is 5.91 Å². The number of phenolic OH excluding ortho intramolecular Hbond substituents is 1. The topological polar surface area (TPSA) is 95.9 Å². The van der Waals surface area contributed by atoms with Crippen LogP contribution < -0.4 is 9.46 Å². The lowest BCUT2D eigenvalue weighted by Crippen LogP contribution is -2.32. The zero-order valence-corrected chi connectivity index (χ0v) is 14.4. The number of rotatable bonds is 3. The molecule has 1 amide bonds. The van der Waals surface area contributed by atoms with Gasteiger partial charge in [0.2, 0.25) is 10.0 Å². The molecular formula is C17H18N2O5S. The molecule has 2 aromatic rings. The number of nitrogens with one attached hydrogen (secondary N) is 1. The number of sulfonamides is 1. The van der Waals surface area contributed by atoms with E-state index in [1.807, 2.05) is 0 Å². The Labute approximate surface area is 145 Å². The van der Waals surface area contributed by atoms with Crippen LogP contribution in [0.5, 0.6) is 11.5 Å². The SMILES string of the molecule is CNS(=O)(=O)c1cccc(C(=O)N2CCOc3ccc(O)cc3C2)c1. The van der Waals surface area contributed by atoms with E-state index < -0.39 is 10.0 Å². The van der Waals surface area contributed by atoms with E-state index in [1.54, 1.807) is 23.1 Å². The number of hydrogen-bond donors (Lipinski definition) is 2. The van der Waals surface area contributed by atoms with Crippen LogP contribution in [0.2, 0.25) is 0 Å². The summed E-state index contributed by atoms with van der Waals surface area (Å²) in [7, 11) is -2.31. The molecule has 25 heavy (non-hydrogen) atoms. The van der Waals surface area contributed by atoms with Crippen molar-refractivity contribution >= 4 is 15.9 Å². The number of carbonyl (C=O) groups excluding carboxylic acids is 1. The number of ether oxygens (including phenoxy) is 1. The van der Waals surface area contributed by atoms with E-state index in [9.17, 15) is 18.3 Å². The van der Waals surface area contributed by atoms with E-state index in [0.29, 0.717) is 24.5 Å². The van der Waals surface area contributed by atoms with Gasteiger partial charge in [0.15, 0.2) is 0 Å². The minimum Gasteiger partial charge on any atom is -0.508 e. The second-order valence-corrected chi connectivity index (χ2v) is 7.49. The first kappa shape index (κ1) is 17.2. The summed E-state index contributed by atoms with van der Waals surface area (Å²) < 4.78 is 31.7. The summed E-state index contributed by atoms with van der Waals surface area (Å²) in [5.74, 6) is 0.423. The summed E-state index contributed by atoms with van der Waals surface area (Å²) in [6.45, 7) is 0.945. The Morgan fingerprint density at radius 3 is 2.80 bits per heavy atom. The number of hydrogen-bond acceptors (Lipinski definition) is 5. The molecule has 0 saturated carbocycles. The second kappa shape index (κ2) is 6.73. The molecule has 0 aliphatic carbocycles. The van der Waals surface area contributed by atoms with Crippen molar-refractivity contribution in [2.24, 2.45) is 0 Å². The smallest absolute Gasteiger partial charge is 0.254 e. The minimum atomic E-state index is -3.62. The molecule has 0 fully saturated rings. The van der Waals surface area contributed by atoms with Gasteiger partial charge in [-0.25, -0.2) is 13.1 Å².